The molecule has 0 fully saturated rings. The number of nitrogens with one attached hydrogen (secondary N) is 1. The van der Waals surface area contributed by atoms with E-state index in [9.17, 15) is 4.79 Å². The maximum atomic E-state index is 10.2. The van der Waals surface area contributed by atoms with Gasteiger partial charge in [-0.3, -0.25) is 9.78 Å². The van der Waals surface area contributed by atoms with Crippen LogP contribution in [-0.4, -0.2) is 23.5 Å². The highest BCUT2D eigenvalue weighted by molar-refractivity contribution is 5.69. The molecular formula is C12H11N3O2. The van der Waals surface area contributed by atoms with Gasteiger partial charge in [-0.2, -0.15) is 0 Å². The zero-order chi connectivity index (χ0) is 12.1. The van der Waals surface area contributed by atoms with Gasteiger partial charge >= 0.3 is 0 Å². The third-order valence-electron chi connectivity index (χ3n) is 2.24. The second kappa shape index (κ2) is 5.07. The molecule has 0 aliphatic rings. The molecule has 0 saturated heterocycles. The van der Waals surface area contributed by atoms with Crippen LogP contribution in [0.4, 0.5) is 5.82 Å². The number of nitrogens with zero attached hydrogens (tertiary/aromatic N) is 2. The summed E-state index contributed by atoms with van der Waals surface area (Å²) in [6, 6.07) is 7.51. The Balaban J connectivity index is 2.23. The lowest BCUT2D eigenvalue weighted by Gasteiger charge is -2.03. The maximum Gasteiger partial charge on any atom is 0.212 e. The second-order valence-electron chi connectivity index (χ2n) is 3.28. The van der Waals surface area contributed by atoms with Gasteiger partial charge < -0.3 is 10.1 Å². The van der Waals surface area contributed by atoms with Gasteiger partial charge in [-0.15, -0.1) is 0 Å². The Hall–Kier alpha value is -2.43. The van der Waals surface area contributed by atoms with Crippen LogP contribution < -0.4 is 10.1 Å². The van der Waals surface area contributed by atoms with E-state index in [1.807, 2.05) is 24.3 Å². The van der Waals surface area contributed by atoms with Gasteiger partial charge in [0.05, 0.1) is 25.2 Å². The van der Waals surface area contributed by atoms with Crippen LogP contribution in [0.1, 0.15) is 0 Å². The molecule has 86 valence electrons. The molecule has 0 aliphatic carbocycles. The first kappa shape index (κ1) is 11.1. The number of carbonyl (C=O) groups is 1. The van der Waals surface area contributed by atoms with E-state index < -0.39 is 0 Å². The molecule has 2 rings (SSSR count). The molecule has 0 spiro atoms. The van der Waals surface area contributed by atoms with Crippen molar-refractivity contribution in [2.24, 2.45) is 0 Å². The number of hydrogen-bond acceptors (Lipinski definition) is 4. The molecule has 1 amide bonds. The smallest absolute Gasteiger partial charge is 0.212 e. The molecular weight excluding hydrogens is 218 g/mol. The van der Waals surface area contributed by atoms with E-state index in [1.165, 1.54) is 6.20 Å². The molecule has 0 bridgehead atoms. The Morgan fingerprint density at radius 1 is 1.18 bits per heavy atom. The zero-order valence-corrected chi connectivity index (χ0v) is 9.25. The minimum Gasteiger partial charge on any atom is -0.497 e. The Morgan fingerprint density at radius 3 is 2.47 bits per heavy atom. The molecule has 17 heavy (non-hydrogen) atoms. The van der Waals surface area contributed by atoms with Crippen molar-refractivity contribution in [3.05, 3.63) is 36.7 Å². The number of amides is 1. The van der Waals surface area contributed by atoms with E-state index in [4.69, 9.17) is 4.74 Å². The van der Waals surface area contributed by atoms with Crippen LogP contribution in [0, 0.1) is 0 Å². The van der Waals surface area contributed by atoms with Crippen molar-refractivity contribution in [1.82, 2.24) is 9.97 Å². The highest BCUT2D eigenvalue weighted by atomic mass is 16.5. The third-order valence-corrected chi connectivity index (χ3v) is 2.24. The Labute approximate surface area is 98.5 Å². The molecule has 1 N–H and O–H groups in total. The lowest BCUT2D eigenvalue weighted by Crippen LogP contribution is -1.97. The van der Waals surface area contributed by atoms with E-state index in [0.717, 1.165) is 17.0 Å². The number of hydrogen-bond donors (Lipinski definition) is 1. The van der Waals surface area contributed by atoms with Crippen molar-refractivity contribution in [1.29, 1.82) is 0 Å². The normalized spacial score (nSPS) is 9.71. The Kier molecular flexibility index (Phi) is 3.30. The average Bonchev–Trinajstić information content (AvgIpc) is 2.40. The lowest BCUT2D eigenvalue weighted by atomic mass is 10.1. The highest BCUT2D eigenvalue weighted by Crippen LogP contribution is 2.20. The number of carbonyl (C=O) groups excluding carboxylic acids is 1. The number of methoxy groups -OCH3 is 1. The summed E-state index contributed by atoms with van der Waals surface area (Å²) in [7, 11) is 1.62. The summed E-state index contributed by atoms with van der Waals surface area (Å²) in [5.74, 6) is 1.22. The average molecular weight is 229 g/mol. The molecule has 0 aliphatic heterocycles. The minimum absolute atomic E-state index is 0.428. The monoisotopic (exact) mass is 229 g/mol. The van der Waals surface area contributed by atoms with E-state index >= 15 is 0 Å². The van der Waals surface area contributed by atoms with Gasteiger partial charge in [-0.25, -0.2) is 4.98 Å². The van der Waals surface area contributed by atoms with Crippen LogP contribution in [0.2, 0.25) is 0 Å². The number of anilines is 1. The predicted molar refractivity (Wildman–Crippen MR) is 63.7 cm³/mol. The Morgan fingerprint density at radius 2 is 1.94 bits per heavy atom. The first-order valence-corrected chi connectivity index (χ1v) is 5.00. The van der Waals surface area contributed by atoms with Crippen molar-refractivity contribution in [3.63, 3.8) is 0 Å². The van der Waals surface area contributed by atoms with Crippen molar-refractivity contribution in [2.45, 2.75) is 0 Å². The van der Waals surface area contributed by atoms with Gasteiger partial charge in [0.25, 0.3) is 0 Å². The molecule has 0 saturated carbocycles. The fraction of sp³-hybridized carbons (Fsp3) is 0.0833. The zero-order valence-electron chi connectivity index (χ0n) is 9.25. The summed E-state index contributed by atoms with van der Waals surface area (Å²) in [6.07, 6.45) is 3.68. The Bertz CT molecular complexity index is 494. The number of aromatic nitrogens is 2. The number of ether oxygens (including phenoxy) is 1. The van der Waals surface area contributed by atoms with Crippen LogP contribution in [0.15, 0.2) is 36.7 Å². The first-order valence-electron chi connectivity index (χ1n) is 5.00. The molecule has 0 atom stereocenters. The van der Waals surface area contributed by atoms with Gasteiger partial charge in [-0.05, 0) is 24.3 Å². The largest absolute Gasteiger partial charge is 0.497 e. The van der Waals surface area contributed by atoms with Crippen LogP contribution >= 0.6 is 0 Å². The molecule has 0 unspecified atom stereocenters. The SMILES string of the molecule is COc1ccc(-c2cnc(NC=O)cn2)cc1. The van der Waals surface area contributed by atoms with Crippen molar-refractivity contribution >= 4 is 12.2 Å². The molecule has 1 aromatic heterocycles. The molecule has 5 heteroatoms. The molecule has 0 radical (unpaired) electrons. The van der Waals surface area contributed by atoms with Gasteiger partial charge in [0.1, 0.15) is 5.75 Å². The van der Waals surface area contributed by atoms with E-state index in [1.54, 1.807) is 13.3 Å². The lowest BCUT2D eigenvalue weighted by molar-refractivity contribution is -0.105. The fourth-order valence-electron chi connectivity index (χ4n) is 1.37. The van der Waals surface area contributed by atoms with Gasteiger partial charge in [0.15, 0.2) is 5.82 Å². The van der Waals surface area contributed by atoms with Gasteiger partial charge in [0, 0.05) is 5.56 Å². The first-order chi connectivity index (χ1) is 8.33. The second-order valence-corrected chi connectivity index (χ2v) is 3.28. The van der Waals surface area contributed by atoms with E-state index in [0.29, 0.717) is 12.2 Å². The van der Waals surface area contributed by atoms with E-state index in [2.05, 4.69) is 15.3 Å². The summed E-state index contributed by atoms with van der Waals surface area (Å²) < 4.78 is 5.07. The predicted octanol–water partition coefficient (Wildman–Crippen LogP) is 1.72. The molecule has 2 aromatic rings. The van der Waals surface area contributed by atoms with E-state index in [-0.39, 0.29) is 0 Å². The fourth-order valence-corrected chi connectivity index (χ4v) is 1.37. The van der Waals surface area contributed by atoms with Gasteiger partial charge in [0.2, 0.25) is 6.41 Å². The summed E-state index contributed by atoms with van der Waals surface area (Å²) in [6.45, 7) is 0. The standard InChI is InChI=1S/C12H11N3O2/c1-17-10-4-2-9(3-5-10)11-6-14-12(7-13-11)15-8-16/h2-8H,1H3,(H,14,15,16). The quantitative estimate of drug-likeness (QED) is 0.811. The third kappa shape index (κ3) is 2.57. The minimum atomic E-state index is 0.428. The molecule has 1 aromatic carbocycles. The maximum absolute atomic E-state index is 10.2. The summed E-state index contributed by atoms with van der Waals surface area (Å²) >= 11 is 0. The van der Waals surface area contributed by atoms with Crippen LogP contribution in [0.5, 0.6) is 5.75 Å². The van der Waals surface area contributed by atoms with Crippen molar-refractivity contribution in [2.75, 3.05) is 12.4 Å². The number of rotatable bonds is 4. The van der Waals surface area contributed by atoms with Crippen LogP contribution in [0.25, 0.3) is 11.3 Å². The van der Waals surface area contributed by atoms with Gasteiger partial charge in [-0.1, -0.05) is 0 Å². The molecule has 5 nitrogen and oxygen atoms in total. The van der Waals surface area contributed by atoms with Crippen molar-refractivity contribution < 1.29 is 9.53 Å². The van der Waals surface area contributed by atoms with Crippen molar-refractivity contribution in [3.8, 4) is 17.0 Å². The highest BCUT2D eigenvalue weighted by Gasteiger charge is 2.00. The topological polar surface area (TPSA) is 64.1 Å². The summed E-state index contributed by atoms with van der Waals surface area (Å²) in [5, 5.41) is 2.43. The number of benzene rings is 1. The summed E-state index contributed by atoms with van der Waals surface area (Å²) in [5.41, 5.74) is 1.68. The van der Waals surface area contributed by atoms with Crippen LogP contribution in [-0.2, 0) is 4.79 Å². The van der Waals surface area contributed by atoms with Crippen LogP contribution in [0.3, 0.4) is 0 Å². The summed E-state index contributed by atoms with van der Waals surface area (Å²) in [4.78, 5) is 18.5. The molecule has 1 heterocycles.